The summed E-state index contributed by atoms with van der Waals surface area (Å²) >= 11 is 0. The molecule has 0 fully saturated rings. The molecule has 1 aromatic carbocycles. The molecule has 0 aliphatic rings. The number of benzene rings is 1. The largest absolute Gasteiger partial charge is 0.462 e. The highest BCUT2D eigenvalue weighted by Crippen LogP contribution is 2.41. The fourth-order valence-electron chi connectivity index (χ4n) is 1.53. The fourth-order valence-corrected chi connectivity index (χ4v) is 1.53. The van der Waals surface area contributed by atoms with Crippen molar-refractivity contribution in [2.45, 2.75) is 19.3 Å². The molecule has 1 aromatic rings. The molecule has 9 heteroatoms. The van der Waals surface area contributed by atoms with Gasteiger partial charge < -0.3 is 10.5 Å². The maximum Gasteiger partial charge on any atom is 0.418 e. The Morgan fingerprint density at radius 3 is 1.95 bits per heavy atom. The van der Waals surface area contributed by atoms with E-state index in [4.69, 9.17) is 5.73 Å². The van der Waals surface area contributed by atoms with E-state index in [0.29, 0.717) is 0 Å². The van der Waals surface area contributed by atoms with Gasteiger partial charge in [-0.15, -0.1) is 0 Å². The summed E-state index contributed by atoms with van der Waals surface area (Å²) in [6, 6.07) is 0.340. The van der Waals surface area contributed by atoms with Gasteiger partial charge in [0.05, 0.1) is 29.0 Å². The molecular weight excluding hydrogens is 292 g/mol. The van der Waals surface area contributed by atoms with Crippen LogP contribution in [-0.4, -0.2) is 12.6 Å². The molecule has 0 atom stereocenters. The van der Waals surface area contributed by atoms with E-state index in [1.54, 1.807) is 0 Å². The molecule has 1 rings (SSSR count). The van der Waals surface area contributed by atoms with Gasteiger partial charge in [-0.05, 0) is 19.1 Å². The lowest BCUT2D eigenvalue weighted by Gasteiger charge is -2.18. The van der Waals surface area contributed by atoms with Crippen molar-refractivity contribution in [1.82, 2.24) is 0 Å². The molecule has 0 aliphatic carbocycles. The van der Waals surface area contributed by atoms with E-state index < -0.39 is 40.7 Å². The Balaban J connectivity index is 3.59. The summed E-state index contributed by atoms with van der Waals surface area (Å²) in [4.78, 5) is 11.4. The highest BCUT2D eigenvalue weighted by atomic mass is 19.4. The molecule has 0 spiro atoms. The Labute approximate surface area is 109 Å². The number of carbonyl (C=O) groups is 1. The van der Waals surface area contributed by atoms with Crippen LogP contribution in [0.25, 0.3) is 0 Å². The van der Waals surface area contributed by atoms with E-state index in [9.17, 15) is 31.1 Å². The minimum absolute atomic E-state index is 0.158. The number of nitrogen functional groups attached to an aromatic ring is 1. The summed E-state index contributed by atoms with van der Waals surface area (Å²) in [6.07, 6.45) is -10.0. The van der Waals surface area contributed by atoms with Crippen molar-refractivity contribution in [2.75, 3.05) is 12.3 Å². The number of rotatable bonds is 2. The van der Waals surface area contributed by atoms with Crippen molar-refractivity contribution in [2.24, 2.45) is 0 Å². The minimum Gasteiger partial charge on any atom is -0.462 e. The monoisotopic (exact) mass is 301 g/mol. The summed E-state index contributed by atoms with van der Waals surface area (Å²) in [7, 11) is 0. The molecule has 0 saturated heterocycles. The van der Waals surface area contributed by atoms with Crippen molar-refractivity contribution < 1.29 is 35.9 Å². The smallest absolute Gasteiger partial charge is 0.418 e. The molecule has 0 aromatic heterocycles. The molecule has 0 unspecified atom stereocenters. The van der Waals surface area contributed by atoms with Gasteiger partial charge in [0.15, 0.2) is 0 Å². The van der Waals surface area contributed by atoms with Crippen LogP contribution in [0.2, 0.25) is 0 Å². The van der Waals surface area contributed by atoms with Gasteiger partial charge >= 0.3 is 18.3 Å². The topological polar surface area (TPSA) is 52.3 Å². The normalized spacial score (nSPS) is 12.3. The number of hydrogen-bond donors (Lipinski definition) is 1. The lowest BCUT2D eigenvalue weighted by Crippen LogP contribution is -2.20. The number of alkyl halides is 6. The summed E-state index contributed by atoms with van der Waals surface area (Å²) in [5, 5.41) is 0. The highest BCUT2D eigenvalue weighted by molar-refractivity contribution is 5.98. The van der Waals surface area contributed by atoms with Gasteiger partial charge in [0, 0.05) is 0 Å². The van der Waals surface area contributed by atoms with E-state index in [-0.39, 0.29) is 18.7 Å². The van der Waals surface area contributed by atoms with Gasteiger partial charge in [-0.3, -0.25) is 0 Å². The number of carbonyl (C=O) groups excluding carboxylic acids is 1. The maximum absolute atomic E-state index is 12.7. The van der Waals surface area contributed by atoms with Crippen LogP contribution in [0.4, 0.5) is 32.0 Å². The van der Waals surface area contributed by atoms with E-state index in [2.05, 4.69) is 4.74 Å². The first-order chi connectivity index (χ1) is 9.00. The van der Waals surface area contributed by atoms with Crippen molar-refractivity contribution in [3.05, 3.63) is 28.8 Å². The molecule has 2 N–H and O–H groups in total. The predicted octanol–water partition coefficient (Wildman–Crippen LogP) is 3.48. The zero-order valence-corrected chi connectivity index (χ0v) is 10.0. The van der Waals surface area contributed by atoms with Crippen LogP contribution < -0.4 is 5.73 Å². The van der Waals surface area contributed by atoms with Crippen molar-refractivity contribution in [3.63, 3.8) is 0 Å². The van der Waals surface area contributed by atoms with Crippen LogP contribution in [0.1, 0.15) is 28.4 Å². The molecule has 112 valence electrons. The number of hydrogen-bond acceptors (Lipinski definition) is 3. The average Bonchev–Trinajstić information content (AvgIpc) is 2.25. The highest BCUT2D eigenvalue weighted by Gasteiger charge is 2.41. The zero-order valence-electron chi connectivity index (χ0n) is 10.0. The third-order valence-electron chi connectivity index (χ3n) is 2.34. The summed E-state index contributed by atoms with van der Waals surface area (Å²) < 4.78 is 80.2. The lowest BCUT2D eigenvalue weighted by atomic mass is 10.00. The van der Waals surface area contributed by atoms with Gasteiger partial charge in [0.1, 0.15) is 0 Å². The summed E-state index contributed by atoms with van der Waals surface area (Å²) in [5.74, 6) is -1.55. The van der Waals surface area contributed by atoms with E-state index in [0.717, 1.165) is 0 Å². The first-order valence-corrected chi connectivity index (χ1v) is 5.24. The third-order valence-corrected chi connectivity index (χ3v) is 2.34. The Morgan fingerprint density at radius 1 is 1.10 bits per heavy atom. The van der Waals surface area contributed by atoms with Gasteiger partial charge in [0.2, 0.25) is 0 Å². The average molecular weight is 301 g/mol. The first-order valence-electron chi connectivity index (χ1n) is 5.24. The molecule has 0 aliphatic heterocycles. The van der Waals surface area contributed by atoms with Crippen molar-refractivity contribution >= 4 is 11.7 Å². The molecule has 0 heterocycles. The Bertz CT molecular complexity index is 521. The molecule has 0 radical (unpaired) electrons. The summed E-state index contributed by atoms with van der Waals surface area (Å²) in [6.45, 7) is 1.00. The van der Waals surface area contributed by atoms with E-state index in [1.807, 2.05) is 0 Å². The zero-order chi connectivity index (χ0) is 15.7. The number of nitrogens with two attached hydrogens (primary N) is 1. The number of esters is 1. The van der Waals surface area contributed by atoms with Crippen LogP contribution in [-0.2, 0) is 17.1 Å². The predicted molar refractivity (Wildman–Crippen MR) is 56.8 cm³/mol. The molecule has 0 amide bonds. The van der Waals surface area contributed by atoms with Crippen molar-refractivity contribution in [1.29, 1.82) is 0 Å². The third kappa shape index (κ3) is 3.14. The molecule has 3 nitrogen and oxygen atoms in total. The van der Waals surface area contributed by atoms with Crippen LogP contribution in [0.15, 0.2) is 12.1 Å². The van der Waals surface area contributed by atoms with E-state index >= 15 is 0 Å². The first kappa shape index (κ1) is 16.1. The molecule has 20 heavy (non-hydrogen) atoms. The SMILES string of the molecule is CCOC(=O)c1c(C(F)(F)F)ccc(C(F)(F)F)c1N. The lowest BCUT2D eigenvalue weighted by molar-refractivity contribution is -0.141. The quantitative estimate of drug-likeness (QED) is 0.517. The summed E-state index contributed by atoms with van der Waals surface area (Å²) in [5.41, 5.74) is -0.636. The van der Waals surface area contributed by atoms with Crippen molar-refractivity contribution in [3.8, 4) is 0 Å². The van der Waals surface area contributed by atoms with Gasteiger partial charge in [-0.1, -0.05) is 0 Å². The van der Waals surface area contributed by atoms with Crippen LogP contribution in [0.3, 0.4) is 0 Å². The van der Waals surface area contributed by atoms with Crippen LogP contribution in [0, 0.1) is 0 Å². The second-order valence-electron chi connectivity index (χ2n) is 3.67. The van der Waals surface area contributed by atoms with E-state index in [1.165, 1.54) is 6.92 Å². The van der Waals surface area contributed by atoms with Gasteiger partial charge in [-0.25, -0.2) is 4.79 Å². The standard InChI is InChI=1S/C11H9F6NO2/c1-2-20-9(19)7-5(10(12,13)14)3-4-6(8(7)18)11(15,16)17/h3-4H,2,18H2,1H3. The second kappa shape index (κ2) is 5.22. The second-order valence-corrected chi connectivity index (χ2v) is 3.67. The minimum atomic E-state index is -5.03. The number of ether oxygens (including phenoxy) is 1. The van der Waals surface area contributed by atoms with Crippen LogP contribution >= 0.6 is 0 Å². The Hall–Kier alpha value is -1.93. The Kier molecular flexibility index (Phi) is 4.21. The van der Waals surface area contributed by atoms with Gasteiger partial charge in [0.25, 0.3) is 0 Å². The molecular formula is C11H9F6NO2. The van der Waals surface area contributed by atoms with Crippen LogP contribution in [0.5, 0.6) is 0 Å². The Morgan fingerprint density at radius 2 is 1.55 bits per heavy atom. The fraction of sp³-hybridized carbons (Fsp3) is 0.364. The maximum atomic E-state index is 12.7. The number of halogens is 6. The molecule has 0 bridgehead atoms. The number of anilines is 1. The van der Waals surface area contributed by atoms with Gasteiger partial charge in [-0.2, -0.15) is 26.3 Å². The molecule has 0 saturated carbocycles.